The second kappa shape index (κ2) is 12.5. The van der Waals surface area contributed by atoms with Crippen molar-refractivity contribution in [3.05, 3.63) is 59.2 Å². The largest absolute Gasteiger partial charge is 0.497 e. The van der Waals surface area contributed by atoms with Crippen LogP contribution < -0.4 is 25.4 Å². The number of carbonyl (C=O) groups is 1. The summed E-state index contributed by atoms with van der Waals surface area (Å²) in [6, 6.07) is 13.7. The molecule has 31 heavy (non-hydrogen) atoms. The SMILES string of the molecule is CCC(C)Oc1cc(C)ccc1CNC(=NC)NCC(=O)NCc1ccc(OC)cc1. The number of nitrogens with one attached hydrogen (secondary N) is 3. The van der Waals surface area contributed by atoms with Crippen molar-refractivity contribution < 1.29 is 14.3 Å². The van der Waals surface area contributed by atoms with Gasteiger partial charge in [-0.05, 0) is 49.6 Å². The fourth-order valence-corrected chi connectivity index (χ4v) is 2.79. The summed E-state index contributed by atoms with van der Waals surface area (Å²) in [5.41, 5.74) is 3.20. The molecule has 0 radical (unpaired) electrons. The van der Waals surface area contributed by atoms with Crippen LogP contribution in [0.3, 0.4) is 0 Å². The summed E-state index contributed by atoms with van der Waals surface area (Å²) >= 11 is 0. The Morgan fingerprint density at radius 2 is 1.81 bits per heavy atom. The van der Waals surface area contributed by atoms with Crippen molar-refractivity contribution in [2.45, 2.75) is 46.4 Å². The van der Waals surface area contributed by atoms with Crippen molar-refractivity contribution in [2.75, 3.05) is 20.7 Å². The predicted octanol–water partition coefficient (Wildman–Crippen LogP) is 3.16. The van der Waals surface area contributed by atoms with Gasteiger partial charge in [-0.15, -0.1) is 0 Å². The van der Waals surface area contributed by atoms with Gasteiger partial charge in [0.05, 0.1) is 19.8 Å². The Balaban J connectivity index is 1.82. The Bertz CT molecular complexity index is 866. The summed E-state index contributed by atoms with van der Waals surface area (Å²) < 4.78 is 11.2. The third-order valence-corrected chi connectivity index (χ3v) is 4.86. The lowest BCUT2D eigenvalue weighted by Gasteiger charge is -2.18. The van der Waals surface area contributed by atoms with Crippen molar-refractivity contribution in [3.8, 4) is 11.5 Å². The number of hydrogen-bond acceptors (Lipinski definition) is 4. The molecule has 2 aromatic carbocycles. The van der Waals surface area contributed by atoms with Gasteiger partial charge in [-0.3, -0.25) is 9.79 Å². The number of carbonyl (C=O) groups excluding carboxylic acids is 1. The highest BCUT2D eigenvalue weighted by Gasteiger charge is 2.09. The van der Waals surface area contributed by atoms with Gasteiger partial charge in [0.2, 0.25) is 5.91 Å². The van der Waals surface area contributed by atoms with Crippen LogP contribution in [0.5, 0.6) is 11.5 Å². The molecule has 0 heterocycles. The highest BCUT2D eigenvalue weighted by Crippen LogP contribution is 2.22. The lowest BCUT2D eigenvalue weighted by Crippen LogP contribution is -2.42. The van der Waals surface area contributed by atoms with E-state index in [1.807, 2.05) is 37.3 Å². The molecule has 168 valence electrons. The first kappa shape index (κ1) is 24.1. The Morgan fingerprint density at radius 3 is 2.45 bits per heavy atom. The first-order chi connectivity index (χ1) is 14.9. The maximum Gasteiger partial charge on any atom is 0.239 e. The molecule has 0 aliphatic heterocycles. The number of amides is 1. The number of guanidine groups is 1. The molecular formula is C24H34N4O3. The summed E-state index contributed by atoms with van der Waals surface area (Å²) in [6.07, 6.45) is 1.09. The molecule has 0 aliphatic rings. The number of hydrogen-bond donors (Lipinski definition) is 3. The fraction of sp³-hybridized carbons (Fsp3) is 0.417. The maximum atomic E-state index is 12.2. The Hall–Kier alpha value is -3.22. The molecule has 3 N–H and O–H groups in total. The van der Waals surface area contributed by atoms with Gasteiger partial charge in [0.1, 0.15) is 11.5 Å². The highest BCUT2D eigenvalue weighted by atomic mass is 16.5. The molecule has 7 heteroatoms. The zero-order valence-corrected chi connectivity index (χ0v) is 19.1. The van der Waals surface area contributed by atoms with Crippen LogP contribution in [0.4, 0.5) is 0 Å². The minimum Gasteiger partial charge on any atom is -0.497 e. The molecule has 0 saturated heterocycles. The van der Waals surface area contributed by atoms with Gasteiger partial charge in [0.25, 0.3) is 0 Å². The van der Waals surface area contributed by atoms with Crippen LogP contribution in [0.15, 0.2) is 47.5 Å². The minimum atomic E-state index is -0.116. The number of nitrogens with zero attached hydrogens (tertiary/aromatic N) is 1. The molecule has 1 unspecified atom stereocenters. The molecule has 0 aromatic heterocycles. The molecule has 0 bridgehead atoms. The molecular weight excluding hydrogens is 392 g/mol. The molecule has 0 saturated carbocycles. The third kappa shape index (κ3) is 8.20. The van der Waals surface area contributed by atoms with Gasteiger partial charge in [-0.2, -0.15) is 0 Å². The van der Waals surface area contributed by atoms with E-state index in [4.69, 9.17) is 9.47 Å². The smallest absolute Gasteiger partial charge is 0.239 e. The molecule has 0 aliphatic carbocycles. The fourth-order valence-electron chi connectivity index (χ4n) is 2.79. The van der Waals surface area contributed by atoms with Crippen molar-refractivity contribution >= 4 is 11.9 Å². The molecule has 7 nitrogen and oxygen atoms in total. The van der Waals surface area contributed by atoms with Crippen LogP contribution in [-0.4, -0.2) is 38.7 Å². The van der Waals surface area contributed by atoms with Crippen LogP contribution in [-0.2, 0) is 17.9 Å². The average Bonchev–Trinajstić information content (AvgIpc) is 2.79. The van der Waals surface area contributed by atoms with Crippen LogP contribution in [0.2, 0.25) is 0 Å². The standard InChI is InChI=1S/C24H34N4O3/c1-6-18(3)31-22-13-17(2)7-10-20(22)15-27-24(25-4)28-16-23(29)26-14-19-8-11-21(30-5)12-9-19/h7-13,18H,6,14-16H2,1-5H3,(H,26,29)(H2,25,27,28). The van der Waals surface area contributed by atoms with E-state index in [1.165, 1.54) is 0 Å². The maximum absolute atomic E-state index is 12.2. The van der Waals surface area contributed by atoms with Crippen LogP contribution in [0, 0.1) is 6.92 Å². The summed E-state index contributed by atoms with van der Waals surface area (Å²) in [6.45, 7) is 7.33. The average molecular weight is 427 g/mol. The van der Waals surface area contributed by atoms with E-state index >= 15 is 0 Å². The number of methoxy groups -OCH3 is 1. The normalized spacial score (nSPS) is 12.1. The van der Waals surface area contributed by atoms with E-state index in [1.54, 1.807) is 14.2 Å². The number of rotatable bonds is 10. The van der Waals surface area contributed by atoms with Gasteiger partial charge in [0, 0.05) is 25.7 Å². The lowest BCUT2D eigenvalue weighted by atomic mass is 10.1. The second-order valence-corrected chi connectivity index (χ2v) is 7.35. The van der Waals surface area contributed by atoms with Gasteiger partial charge in [0.15, 0.2) is 5.96 Å². The molecule has 0 fully saturated rings. The predicted molar refractivity (Wildman–Crippen MR) is 125 cm³/mol. The first-order valence-corrected chi connectivity index (χ1v) is 10.6. The van der Waals surface area contributed by atoms with Crippen molar-refractivity contribution in [2.24, 2.45) is 4.99 Å². The van der Waals surface area contributed by atoms with Gasteiger partial charge >= 0.3 is 0 Å². The molecule has 1 amide bonds. The van der Waals surface area contributed by atoms with Gasteiger partial charge in [-0.1, -0.05) is 31.2 Å². The number of benzene rings is 2. The zero-order chi connectivity index (χ0) is 22.6. The van der Waals surface area contributed by atoms with E-state index in [2.05, 4.69) is 46.9 Å². The quantitative estimate of drug-likeness (QED) is 0.401. The topological polar surface area (TPSA) is 84.0 Å². The highest BCUT2D eigenvalue weighted by molar-refractivity contribution is 5.86. The van der Waals surface area contributed by atoms with Crippen molar-refractivity contribution in [1.29, 1.82) is 0 Å². The van der Waals surface area contributed by atoms with Gasteiger partial charge < -0.3 is 25.4 Å². The van der Waals surface area contributed by atoms with E-state index in [9.17, 15) is 4.79 Å². The second-order valence-electron chi connectivity index (χ2n) is 7.35. The minimum absolute atomic E-state index is 0.116. The lowest BCUT2D eigenvalue weighted by molar-refractivity contribution is -0.120. The van der Waals surface area contributed by atoms with E-state index in [0.717, 1.165) is 34.6 Å². The Labute approximate surface area is 185 Å². The van der Waals surface area contributed by atoms with E-state index < -0.39 is 0 Å². The third-order valence-electron chi connectivity index (χ3n) is 4.86. The summed E-state index contributed by atoms with van der Waals surface area (Å²) in [5, 5.41) is 9.17. The first-order valence-electron chi connectivity index (χ1n) is 10.6. The zero-order valence-electron chi connectivity index (χ0n) is 19.1. The molecule has 2 aromatic rings. The summed E-state index contributed by atoms with van der Waals surface area (Å²) in [4.78, 5) is 16.4. The molecule has 0 spiro atoms. The van der Waals surface area contributed by atoms with Crippen molar-refractivity contribution in [1.82, 2.24) is 16.0 Å². The van der Waals surface area contributed by atoms with Crippen LogP contribution in [0.1, 0.15) is 37.0 Å². The monoisotopic (exact) mass is 426 g/mol. The van der Waals surface area contributed by atoms with Crippen LogP contribution >= 0.6 is 0 Å². The molecule has 1 atom stereocenters. The number of aliphatic imine (C=N–C) groups is 1. The number of aryl methyl sites for hydroxylation is 1. The molecule has 2 rings (SSSR count). The Morgan fingerprint density at radius 1 is 1.06 bits per heavy atom. The van der Waals surface area contributed by atoms with E-state index in [0.29, 0.717) is 19.0 Å². The van der Waals surface area contributed by atoms with E-state index in [-0.39, 0.29) is 18.6 Å². The summed E-state index contributed by atoms with van der Waals surface area (Å²) in [5.74, 6) is 2.09. The summed E-state index contributed by atoms with van der Waals surface area (Å²) in [7, 11) is 3.30. The number of ether oxygens (including phenoxy) is 2. The van der Waals surface area contributed by atoms with Crippen LogP contribution in [0.25, 0.3) is 0 Å². The van der Waals surface area contributed by atoms with Crippen molar-refractivity contribution in [3.63, 3.8) is 0 Å². The van der Waals surface area contributed by atoms with Gasteiger partial charge in [-0.25, -0.2) is 0 Å². The Kier molecular flexibility index (Phi) is 9.68.